The number of rotatable bonds is 5. The van der Waals surface area contributed by atoms with Crippen LogP contribution in [0.4, 0.5) is 11.4 Å². The fraction of sp³-hybridized carbons (Fsp3) is 0.308. The Kier molecular flexibility index (Phi) is 7.19. The first-order chi connectivity index (χ1) is 16.2. The monoisotopic (exact) mass is 499 g/mol. The van der Waals surface area contributed by atoms with Crippen LogP contribution in [0.5, 0.6) is 0 Å². The normalized spacial score (nSPS) is 13.9. The van der Waals surface area contributed by atoms with E-state index < -0.39 is 0 Å². The van der Waals surface area contributed by atoms with Gasteiger partial charge in [-0.2, -0.15) is 0 Å². The molecule has 2 heterocycles. The predicted octanol–water partition coefficient (Wildman–Crippen LogP) is 6.12. The summed E-state index contributed by atoms with van der Waals surface area (Å²) in [6.07, 6.45) is 0. The fourth-order valence-electron chi connectivity index (χ4n) is 4.00. The minimum absolute atomic E-state index is 0.0316. The van der Waals surface area contributed by atoms with Crippen molar-refractivity contribution in [3.63, 3.8) is 0 Å². The van der Waals surface area contributed by atoms with Crippen molar-refractivity contribution >= 4 is 46.4 Å². The van der Waals surface area contributed by atoms with Crippen molar-refractivity contribution in [2.45, 2.75) is 20.8 Å². The highest BCUT2D eigenvalue weighted by Crippen LogP contribution is 2.35. The summed E-state index contributed by atoms with van der Waals surface area (Å²) in [6.45, 7) is 8.21. The van der Waals surface area contributed by atoms with E-state index >= 15 is 0 Å². The van der Waals surface area contributed by atoms with E-state index in [-0.39, 0.29) is 23.5 Å². The molecule has 1 saturated heterocycles. The van der Waals surface area contributed by atoms with Gasteiger partial charge in [-0.3, -0.25) is 9.59 Å². The lowest BCUT2D eigenvalue weighted by atomic mass is 10.1. The first kappa shape index (κ1) is 24.2. The van der Waals surface area contributed by atoms with E-state index in [9.17, 15) is 9.59 Å². The van der Waals surface area contributed by atoms with Crippen LogP contribution in [0.3, 0.4) is 0 Å². The lowest BCUT2D eigenvalue weighted by Crippen LogP contribution is -2.50. The number of nitrogens with zero attached hydrogens (tertiary/aromatic N) is 2. The molecule has 1 aliphatic heterocycles. The summed E-state index contributed by atoms with van der Waals surface area (Å²) in [5, 5.41) is 4.11. The maximum Gasteiger partial charge on any atom is 0.291 e. The van der Waals surface area contributed by atoms with Gasteiger partial charge in [-0.05, 0) is 42.8 Å². The number of hydrogen-bond donors (Lipinski definition) is 1. The van der Waals surface area contributed by atoms with Gasteiger partial charge in [0.05, 0.1) is 16.4 Å². The van der Waals surface area contributed by atoms with E-state index in [1.54, 1.807) is 24.3 Å². The zero-order chi connectivity index (χ0) is 24.4. The zero-order valence-electron chi connectivity index (χ0n) is 19.4. The van der Waals surface area contributed by atoms with Crippen molar-refractivity contribution in [2.24, 2.45) is 5.92 Å². The molecule has 2 aromatic carbocycles. The Bertz CT molecular complexity index is 1210. The summed E-state index contributed by atoms with van der Waals surface area (Å²) in [4.78, 5) is 29.3. The van der Waals surface area contributed by atoms with Crippen LogP contribution in [0.2, 0.25) is 10.0 Å². The number of piperazine rings is 1. The van der Waals surface area contributed by atoms with Crippen LogP contribution in [0.25, 0.3) is 11.3 Å². The Morgan fingerprint density at radius 3 is 2.38 bits per heavy atom. The topological polar surface area (TPSA) is 65.8 Å². The summed E-state index contributed by atoms with van der Waals surface area (Å²) < 4.78 is 5.82. The molecular formula is C26H27Cl2N3O3. The second kappa shape index (κ2) is 10.1. The number of amides is 2. The first-order valence-electron chi connectivity index (χ1n) is 11.2. The second-order valence-electron chi connectivity index (χ2n) is 8.69. The highest BCUT2D eigenvalue weighted by atomic mass is 35.5. The molecule has 1 aliphatic rings. The van der Waals surface area contributed by atoms with Crippen molar-refractivity contribution in [1.82, 2.24) is 4.90 Å². The van der Waals surface area contributed by atoms with Crippen molar-refractivity contribution in [2.75, 3.05) is 36.4 Å². The van der Waals surface area contributed by atoms with Crippen LogP contribution in [-0.2, 0) is 4.79 Å². The van der Waals surface area contributed by atoms with Gasteiger partial charge in [0.25, 0.3) is 5.91 Å². The average Bonchev–Trinajstić information content (AvgIpc) is 3.31. The summed E-state index contributed by atoms with van der Waals surface area (Å²) in [5.74, 6) is 0.488. The lowest BCUT2D eigenvalue weighted by molar-refractivity contribution is -0.134. The third-order valence-corrected chi connectivity index (χ3v) is 6.63. The quantitative estimate of drug-likeness (QED) is 0.459. The maximum atomic E-state index is 13.0. The van der Waals surface area contributed by atoms with Crippen LogP contribution in [0.1, 0.15) is 30.0 Å². The number of anilines is 2. The standard InChI is InChI=1S/C26H27Cl2N3O3/c1-16(2)26(33)31-13-11-30(12-14-31)24-19(27)5-4-6-21(24)29-25(32)23-10-9-22(34-23)18-8-7-17(3)20(28)15-18/h4-10,15-16H,11-14H2,1-3H3,(H,29,32). The van der Waals surface area contributed by atoms with E-state index in [1.807, 2.05) is 49.9 Å². The number of carbonyl (C=O) groups excluding carboxylic acids is 2. The number of aryl methyl sites for hydroxylation is 1. The SMILES string of the molecule is Cc1ccc(-c2ccc(C(=O)Nc3cccc(Cl)c3N3CCN(C(=O)C(C)C)CC3)o2)cc1Cl. The molecule has 0 saturated carbocycles. The van der Waals surface area contributed by atoms with Gasteiger partial charge >= 0.3 is 0 Å². The van der Waals surface area contributed by atoms with Gasteiger partial charge in [-0.1, -0.05) is 55.2 Å². The molecule has 2 amide bonds. The van der Waals surface area contributed by atoms with Gasteiger partial charge in [0.1, 0.15) is 5.76 Å². The lowest BCUT2D eigenvalue weighted by Gasteiger charge is -2.38. The molecule has 3 aromatic rings. The van der Waals surface area contributed by atoms with E-state index in [2.05, 4.69) is 10.2 Å². The fourth-order valence-corrected chi connectivity index (χ4v) is 4.47. The van der Waals surface area contributed by atoms with E-state index in [0.29, 0.717) is 47.7 Å². The molecule has 1 N–H and O–H groups in total. The molecule has 178 valence electrons. The van der Waals surface area contributed by atoms with Gasteiger partial charge in [0, 0.05) is 42.7 Å². The minimum Gasteiger partial charge on any atom is -0.451 e. The Hall–Kier alpha value is -2.96. The minimum atomic E-state index is -0.374. The Morgan fingerprint density at radius 1 is 0.971 bits per heavy atom. The zero-order valence-corrected chi connectivity index (χ0v) is 20.9. The van der Waals surface area contributed by atoms with Crippen molar-refractivity contribution in [1.29, 1.82) is 0 Å². The number of halogens is 2. The molecule has 1 aromatic heterocycles. The predicted molar refractivity (Wildman–Crippen MR) is 137 cm³/mol. The molecule has 0 radical (unpaired) electrons. The summed E-state index contributed by atoms with van der Waals surface area (Å²) >= 11 is 12.8. The molecule has 1 fully saturated rings. The molecule has 0 atom stereocenters. The molecular weight excluding hydrogens is 473 g/mol. The number of furan rings is 1. The Balaban J connectivity index is 1.50. The van der Waals surface area contributed by atoms with Crippen molar-refractivity contribution in [3.8, 4) is 11.3 Å². The van der Waals surface area contributed by atoms with E-state index in [1.165, 1.54) is 0 Å². The van der Waals surface area contributed by atoms with Crippen LogP contribution >= 0.6 is 23.2 Å². The number of carbonyl (C=O) groups is 2. The largest absolute Gasteiger partial charge is 0.451 e. The van der Waals surface area contributed by atoms with Gasteiger partial charge in [-0.25, -0.2) is 0 Å². The van der Waals surface area contributed by atoms with Gasteiger partial charge < -0.3 is 19.5 Å². The summed E-state index contributed by atoms with van der Waals surface area (Å²) in [5.41, 5.74) is 3.11. The third-order valence-electron chi connectivity index (χ3n) is 5.92. The van der Waals surface area contributed by atoms with Crippen LogP contribution in [0.15, 0.2) is 52.9 Å². The van der Waals surface area contributed by atoms with Crippen molar-refractivity contribution in [3.05, 3.63) is 69.9 Å². The maximum absolute atomic E-state index is 13.0. The molecule has 0 spiro atoms. The smallest absolute Gasteiger partial charge is 0.291 e. The van der Waals surface area contributed by atoms with E-state index in [4.69, 9.17) is 27.6 Å². The number of benzene rings is 2. The average molecular weight is 500 g/mol. The molecule has 4 rings (SSSR count). The van der Waals surface area contributed by atoms with E-state index in [0.717, 1.165) is 16.8 Å². The van der Waals surface area contributed by atoms with Gasteiger partial charge in [0.15, 0.2) is 5.76 Å². The highest BCUT2D eigenvalue weighted by Gasteiger charge is 2.26. The Labute approximate surface area is 209 Å². The number of nitrogens with one attached hydrogen (secondary N) is 1. The molecule has 6 nitrogen and oxygen atoms in total. The highest BCUT2D eigenvalue weighted by molar-refractivity contribution is 6.34. The summed E-state index contributed by atoms with van der Waals surface area (Å²) in [7, 11) is 0. The molecule has 0 unspecified atom stereocenters. The molecule has 0 bridgehead atoms. The molecule has 34 heavy (non-hydrogen) atoms. The van der Waals surface area contributed by atoms with Crippen LogP contribution in [0, 0.1) is 12.8 Å². The number of hydrogen-bond acceptors (Lipinski definition) is 4. The second-order valence-corrected chi connectivity index (χ2v) is 9.50. The first-order valence-corrected chi connectivity index (χ1v) is 12.0. The van der Waals surface area contributed by atoms with Gasteiger partial charge in [0.2, 0.25) is 5.91 Å². The molecule has 0 aliphatic carbocycles. The Morgan fingerprint density at radius 2 is 1.71 bits per heavy atom. The van der Waals surface area contributed by atoms with Gasteiger partial charge in [-0.15, -0.1) is 0 Å². The number of para-hydroxylation sites is 1. The van der Waals surface area contributed by atoms with Crippen LogP contribution in [-0.4, -0.2) is 42.9 Å². The third kappa shape index (κ3) is 5.08. The van der Waals surface area contributed by atoms with Crippen molar-refractivity contribution < 1.29 is 14.0 Å². The molecule has 8 heteroatoms. The summed E-state index contributed by atoms with van der Waals surface area (Å²) in [6, 6.07) is 14.4. The van der Waals surface area contributed by atoms with Crippen LogP contribution < -0.4 is 10.2 Å².